The molecule has 2 aromatic carbocycles. The van der Waals surface area contributed by atoms with Crippen molar-refractivity contribution in [3.05, 3.63) is 70.2 Å². The highest BCUT2D eigenvalue weighted by Crippen LogP contribution is 2.40. The number of carbonyl (C=O) groups excluding carboxylic acids is 1. The van der Waals surface area contributed by atoms with Gasteiger partial charge in [-0.2, -0.15) is 0 Å². The molecule has 0 radical (unpaired) electrons. The van der Waals surface area contributed by atoms with Gasteiger partial charge in [0, 0.05) is 23.4 Å². The Morgan fingerprint density at radius 2 is 1.94 bits per heavy atom. The summed E-state index contributed by atoms with van der Waals surface area (Å²) in [5.41, 5.74) is 2.98. The minimum absolute atomic E-state index is 0.0230. The summed E-state index contributed by atoms with van der Waals surface area (Å²) in [6.07, 6.45) is -0.408. The maximum absolute atomic E-state index is 12.1. The molecular formula is C23H22Cl3N3O4S2. The first-order valence-corrected chi connectivity index (χ1v) is 13.6. The highest BCUT2D eigenvalue weighted by molar-refractivity contribution is 8.01. The Balaban J connectivity index is 1.54. The van der Waals surface area contributed by atoms with E-state index < -0.39 is 16.0 Å². The van der Waals surface area contributed by atoms with Gasteiger partial charge in [0.15, 0.2) is 10.6 Å². The molecule has 2 heterocycles. The number of benzene rings is 2. The zero-order chi connectivity index (χ0) is 25.0. The fourth-order valence-electron chi connectivity index (χ4n) is 3.49. The van der Waals surface area contributed by atoms with E-state index in [1.165, 1.54) is 0 Å². The molecule has 2 N–H and O–H groups in total. The topological polar surface area (TPSA) is 93.6 Å². The number of rotatable bonds is 7. The second-order valence-corrected chi connectivity index (χ2v) is 12.6. The third-order valence-electron chi connectivity index (χ3n) is 5.19. The van der Waals surface area contributed by atoms with Gasteiger partial charge in [0.25, 0.3) is 9.70 Å². The van der Waals surface area contributed by atoms with E-state index >= 15 is 0 Å². The molecule has 35 heavy (non-hydrogen) atoms. The number of aryl methyl sites for hydroxylation is 1. The minimum atomic E-state index is -2.08. The maximum Gasteiger partial charge on any atom is 0.276 e. The van der Waals surface area contributed by atoms with E-state index in [4.69, 9.17) is 44.3 Å². The number of alkyl halides is 3. The average molecular weight is 575 g/mol. The molecule has 1 fully saturated rings. The Bertz CT molecular complexity index is 1160. The molecule has 1 aliphatic heterocycles. The summed E-state index contributed by atoms with van der Waals surface area (Å²) in [5.74, 6) is -0.0859. The van der Waals surface area contributed by atoms with E-state index in [9.17, 15) is 9.90 Å². The number of halogens is 3. The van der Waals surface area contributed by atoms with E-state index in [-0.39, 0.29) is 18.8 Å². The van der Waals surface area contributed by atoms with Crippen LogP contribution in [-0.4, -0.2) is 36.9 Å². The molecule has 3 atom stereocenters. The predicted molar refractivity (Wildman–Crippen MR) is 139 cm³/mol. The number of carbonyl (C=O) groups is 1. The van der Waals surface area contributed by atoms with Crippen LogP contribution in [0.4, 0.5) is 5.69 Å². The molecule has 0 unspecified atom stereocenters. The third kappa shape index (κ3) is 7.30. The van der Waals surface area contributed by atoms with Gasteiger partial charge in [0.05, 0.1) is 18.8 Å². The molecule has 1 saturated heterocycles. The standard InChI is InChI=1S/C23H22Cl3N3O4S2/c1-13-28-29-22(35-13)34-12-18-10-19(15-7-5-14(11-30)6-8-15)33-20(32-18)16-3-2-4-17(9-16)27-21(31)23(24,25)26/h2-9,18-20,30H,10-12H2,1H3,(H,27,31)/t18-,19+,20+/m1/s1. The highest BCUT2D eigenvalue weighted by atomic mass is 35.6. The quantitative estimate of drug-likeness (QED) is 0.265. The maximum atomic E-state index is 12.1. The highest BCUT2D eigenvalue weighted by Gasteiger charge is 2.33. The van der Waals surface area contributed by atoms with Crippen molar-refractivity contribution in [3.63, 3.8) is 0 Å². The number of amides is 1. The van der Waals surface area contributed by atoms with Crippen molar-refractivity contribution < 1.29 is 19.4 Å². The van der Waals surface area contributed by atoms with Gasteiger partial charge in [0.1, 0.15) is 5.01 Å². The molecular weight excluding hydrogens is 553 g/mol. The van der Waals surface area contributed by atoms with Crippen molar-refractivity contribution in [1.82, 2.24) is 10.2 Å². The summed E-state index contributed by atoms with van der Waals surface area (Å²) in [5, 5.41) is 21.1. The first kappa shape index (κ1) is 26.6. The predicted octanol–water partition coefficient (Wildman–Crippen LogP) is 5.99. The second-order valence-electron chi connectivity index (χ2n) is 7.83. The van der Waals surface area contributed by atoms with Gasteiger partial charge in [-0.3, -0.25) is 4.79 Å². The lowest BCUT2D eigenvalue weighted by molar-refractivity contribution is -0.245. The molecule has 186 valence electrons. The molecule has 0 bridgehead atoms. The number of nitrogens with zero attached hydrogens (tertiary/aromatic N) is 2. The van der Waals surface area contributed by atoms with Crippen LogP contribution in [0.15, 0.2) is 52.9 Å². The number of aromatic nitrogens is 2. The van der Waals surface area contributed by atoms with Crippen molar-refractivity contribution in [3.8, 4) is 0 Å². The van der Waals surface area contributed by atoms with Crippen LogP contribution in [0.1, 0.15) is 40.5 Å². The number of thioether (sulfide) groups is 1. The molecule has 0 aliphatic carbocycles. The van der Waals surface area contributed by atoms with Crippen LogP contribution >= 0.6 is 57.9 Å². The zero-order valence-corrected chi connectivity index (χ0v) is 22.4. The Labute approximate surface area is 226 Å². The summed E-state index contributed by atoms with van der Waals surface area (Å²) < 4.78 is 11.4. The molecule has 7 nitrogen and oxygen atoms in total. The normalized spacial score (nSPS) is 20.5. The Kier molecular flexibility index (Phi) is 8.94. The lowest BCUT2D eigenvalue weighted by atomic mass is 10.0. The number of hydrogen-bond donors (Lipinski definition) is 2. The summed E-state index contributed by atoms with van der Waals surface area (Å²) in [4.78, 5) is 12.1. The van der Waals surface area contributed by atoms with Crippen LogP contribution in [0.3, 0.4) is 0 Å². The van der Waals surface area contributed by atoms with E-state index in [1.807, 2.05) is 37.3 Å². The van der Waals surface area contributed by atoms with Gasteiger partial charge in [0.2, 0.25) is 0 Å². The fourth-order valence-corrected chi connectivity index (χ4v) is 5.49. The summed E-state index contributed by atoms with van der Waals surface area (Å²) >= 11 is 20.2. The zero-order valence-electron chi connectivity index (χ0n) is 18.5. The average Bonchev–Trinajstić information content (AvgIpc) is 3.27. The van der Waals surface area contributed by atoms with Crippen LogP contribution in [-0.2, 0) is 20.9 Å². The van der Waals surface area contributed by atoms with Gasteiger partial charge in [-0.25, -0.2) is 0 Å². The smallest absolute Gasteiger partial charge is 0.276 e. The molecule has 12 heteroatoms. The van der Waals surface area contributed by atoms with Crippen LogP contribution in [0, 0.1) is 6.92 Å². The van der Waals surface area contributed by atoms with E-state index in [2.05, 4.69) is 15.5 Å². The summed E-state index contributed by atoms with van der Waals surface area (Å²) in [6.45, 7) is 1.90. The van der Waals surface area contributed by atoms with Crippen molar-refractivity contribution >= 4 is 69.5 Å². The van der Waals surface area contributed by atoms with Crippen LogP contribution < -0.4 is 5.32 Å². The molecule has 3 aromatic rings. The number of nitrogens with one attached hydrogen (secondary N) is 1. The monoisotopic (exact) mass is 573 g/mol. The summed E-state index contributed by atoms with van der Waals surface area (Å²) in [6, 6.07) is 14.7. The first-order valence-electron chi connectivity index (χ1n) is 10.6. The van der Waals surface area contributed by atoms with Crippen molar-refractivity contribution in [2.75, 3.05) is 11.1 Å². The van der Waals surface area contributed by atoms with E-state index in [1.54, 1.807) is 41.3 Å². The molecule has 4 rings (SSSR count). The van der Waals surface area contributed by atoms with Gasteiger partial charge >= 0.3 is 0 Å². The van der Waals surface area contributed by atoms with E-state index in [0.717, 1.165) is 20.5 Å². The van der Waals surface area contributed by atoms with Crippen LogP contribution in [0.2, 0.25) is 0 Å². The lowest BCUT2D eigenvalue weighted by Gasteiger charge is -2.36. The molecule has 0 spiro atoms. The lowest BCUT2D eigenvalue weighted by Crippen LogP contribution is -2.31. The van der Waals surface area contributed by atoms with Crippen molar-refractivity contribution in [2.45, 2.75) is 46.6 Å². The van der Waals surface area contributed by atoms with Crippen molar-refractivity contribution in [2.24, 2.45) is 0 Å². The Morgan fingerprint density at radius 3 is 2.60 bits per heavy atom. The molecule has 1 aromatic heterocycles. The Hall–Kier alpha value is -1.43. The van der Waals surface area contributed by atoms with Crippen LogP contribution in [0.5, 0.6) is 0 Å². The molecule has 1 amide bonds. The third-order valence-corrected chi connectivity index (χ3v) is 7.81. The number of hydrogen-bond acceptors (Lipinski definition) is 8. The second kappa shape index (κ2) is 11.7. The van der Waals surface area contributed by atoms with Gasteiger partial charge in [-0.15, -0.1) is 10.2 Å². The van der Waals surface area contributed by atoms with Crippen LogP contribution in [0.25, 0.3) is 0 Å². The number of aliphatic hydroxyl groups is 1. The number of anilines is 1. The Morgan fingerprint density at radius 1 is 1.17 bits per heavy atom. The first-order chi connectivity index (χ1) is 16.7. The van der Waals surface area contributed by atoms with E-state index in [0.29, 0.717) is 23.4 Å². The SMILES string of the molecule is Cc1nnc(SC[C@H]2C[C@@H](c3ccc(CO)cc3)O[C@@H](c3cccc(NC(=O)C(Cl)(Cl)Cl)c3)O2)s1. The van der Waals surface area contributed by atoms with Gasteiger partial charge in [-0.05, 0) is 30.2 Å². The van der Waals surface area contributed by atoms with Gasteiger partial charge in [-0.1, -0.05) is 94.3 Å². The molecule has 1 aliphatic rings. The summed E-state index contributed by atoms with van der Waals surface area (Å²) in [7, 11) is 0. The van der Waals surface area contributed by atoms with Gasteiger partial charge < -0.3 is 19.9 Å². The largest absolute Gasteiger partial charge is 0.392 e. The minimum Gasteiger partial charge on any atom is -0.392 e. The fraction of sp³-hybridized carbons (Fsp3) is 0.348. The number of ether oxygens (including phenoxy) is 2. The molecule has 0 saturated carbocycles. The van der Waals surface area contributed by atoms with Crippen molar-refractivity contribution in [1.29, 1.82) is 0 Å². The number of aliphatic hydroxyl groups excluding tert-OH is 1.